The standard InChI is InChI=1S/C17H18FN3O2.2ClH/c18-12-4-7-14(8-5-12)23-16-9-6-13(11-20-16)21-17(22)15-3-1-2-10-19-15;;/h4-9,11,15,19H,1-3,10H2,(H,21,22);2*1H/t15-;;/m1../s1. The Bertz CT molecular complexity index is 663. The molecule has 2 heterocycles. The van der Waals surface area contributed by atoms with Crippen LogP contribution in [0.2, 0.25) is 0 Å². The average molecular weight is 388 g/mol. The Morgan fingerprint density at radius 2 is 1.92 bits per heavy atom. The summed E-state index contributed by atoms with van der Waals surface area (Å²) in [6.07, 6.45) is 4.57. The molecule has 1 aromatic heterocycles. The van der Waals surface area contributed by atoms with Crippen LogP contribution < -0.4 is 15.4 Å². The number of nitrogens with one attached hydrogen (secondary N) is 2. The third-order valence-electron chi connectivity index (χ3n) is 3.67. The molecule has 0 aliphatic carbocycles. The fourth-order valence-electron chi connectivity index (χ4n) is 2.44. The van der Waals surface area contributed by atoms with Gasteiger partial charge in [-0.3, -0.25) is 4.79 Å². The van der Waals surface area contributed by atoms with Gasteiger partial charge in [-0.25, -0.2) is 9.37 Å². The Labute approximate surface area is 158 Å². The molecule has 1 atom stereocenters. The minimum atomic E-state index is -0.320. The molecular formula is C17H20Cl2FN3O2. The van der Waals surface area contributed by atoms with Crippen molar-refractivity contribution in [3.8, 4) is 11.6 Å². The number of amides is 1. The van der Waals surface area contributed by atoms with Gasteiger partial charge in [0.15, 0.2) is 0 Å². The lowest BCUT2D eigenvalue weighted by molar-refractivity contribution is -0.118. The molecule has 0 spiro atoms. The van der Waals surface area contributed by atoms with E-state index in [1.54, 1.807) is 18.3 Å². The molecule has 0 unspecified atom stereocenters. The van der Waals surface area contributed by atoms with Crippen molar-refractivity contribution in [2.75, 3.05) is 11.9 Å². The van der Waals surface area contributed by atoms with E-state index in [4.69, 9.17) is 4.74 Å². The lowest BCUT2D eigenvalue weighted by atomic mass is 10.0. The number of rotatable bonds is 4. The molecule has 1 aliphatic rings. The highest BCUT2D eigenvalue weighted by Crippen LogP contribution is 2.21. The summed E-state index contributed by atoms with van der Waals surface area (Å²) in [6.45, 7) is 0.876. The molecule has 1 fully saturated rings. The van der Waals surface area contributed by atoms with Crippen molar-refractivity contribution < 1.29 is 13.9 Å². The molecule has 3 rings (SSSR count). The van der Waals surface area contributed by atoms with E-state index in [9.17, 15) is 9.18 Å². The van der Waals surface area contributed by atoms with Gasteiger partial charge >= 0.3 is 0 Å². The van der Waals surface area contributed by atoms with E-state index in [2.05, 4.69) is 15.6 Å². The smallest absolute Gasteiger partial charge is 0.241 e. The highest BCUT2D eigenvalue weighted by atomic mass is 35.5. The van der Waals surface area contributed by atoms with Gasteiger partial charge in [0, 0.05) is 6.07 Å². The minimum Gasteiger partial charge on any atom is -0.439 e. The third kappa shape index (κ3) is 6.16. The number of benzene rings is 1. The van der Waals surface area contributed by atoms with Gasteiger partial charge < -0.3 is 15.4 Å². The summed E-state index contributed by atoms with van der Waals surface area (Å²) in [5, 5.41) is 6.04. The Morgan fingerprint density at radius 1 is 1.16 bits per heavy atom. The monoisotopic (exact) mass is 387 g/mol. The maximum absolute atomic E-state index is 12.8. The summed E-state index contributed by atoms with van der Waals surface area (Å²) in [6, 6.07) is 8.95. The van der Waals surface area contributed by atoms with E-state index < -0.39 is 0 Å². The lowest BCUT2D eigenvalue weighted by Crippen LogP contribution is -2.43. The first-order valence-corrected chi connectivity index (χ1v) is 7.64. The minimum absolute atomic E-state index is 0. The van der Waals surface area contributed by atoms with E-state index in [-0.39, 0.29) is 42.6 Å². The van der Waals surface area contributed by atoms with Gasteiger partial charge in [-0.1, -0.05) is 6.42 Å². The Morgan fingerprint density at radius 3 is 2.52 bits per heavy atom. The molecule has 5 nitrogen and oxygen atoms in total. The quantitative estimate of drug-likeness (QED) is 0.833. The number of aromatic nitrogens is 1. The van der Waals surface area contributed by atoms with Crippen LogP contribution in [0.1, 0.15) is 19.3 Å². The largest absolute Gasteiger partial charge is 0.439 e. The second kappa shape index (κ2) is 10.2. The second-order valence-electron chi connectivity index (χ2n) is 5.43. The topological polar surface area (TPSA) is 63.2 Å². The van der Waals surface area contributed by atoms with E-state index in [0.29, 0.717) is 17.3 Å². The van der Waals surface area contributed by atoms with Crippen LogP contribution in [0.5, 0.6) is 11.6 Å². The maximum Gasteiger partial charge on any atom is 0.241 e. The molecule has 25 heavy (non-hydrogen) atoms. The van der Waals surface area contributed by atoms with Crippen LogP contribution in [0.4, 0.5) is 10.1 Å². The Kier molecular flexibility index (Phi) is 8.61. The number of ether oxygens (including phenoxy) is 1. The lowest BCUT2D eigenvalue weighted by Gasteiger charge is -2.22. The van der Waals surface area contributed by atoms with Crippen molar-refractivity contribution in [1.82, 2.24) is 10.3 Å². The number of pyridine rings is 1. The van der Waals surface area contributed by atoms with Crippen molar-refractivity contribution in [2.45, 2.75) is 25.3 Å². The Balaban J connectivity index is 0.00000156. The van der Waals surface area contributed by atoms with Gasteiger partial charge in [0.2, 0.25) is 11.8 Å². The van der Waals surface area contributed by atoms with E-state index in [1.807, 2.05) is 0 Å². The molecule has 2 N–H and O–H groups in total. The molecule has 0 saturated carbocycles. The number of carbonyl (C=O) groups is 1. The number of carbonyl (C=O) groups excluding carboxylic acids is 1. The van der Waals surface area contributed by atoms with E-state index in [0.717, 1.165) is 25.8 Å². The van der Waals surface area contributed by atoms with E-state index >= 15 is 0 Å². The summed E-state index contributed by atoms with van der Waals surface area (Å²) < 4.78 is 18.3. The Hall–Kier alpha value is -1.89. The van der Waals surface area contributed by atoms with Crippen LogP contribution in [0.15, 0.2) is 42.6 Å². The summed E-state index contributed by atoms with van der Waals surface area (Å²) >= 11 is 0. The van der Waals surface area contributed by atoms with Crippen LogP contribution in [-0.4, -0.2) is 23.5 Å². The predicted molar refractivity (Wildman–Crippen MR) is 99.5 cm³/mol. The first kappa shape index (κ1) is 21.2. The first-order chi connectivity index (χ1) is 11.2. The van der Waals surface area contributed by atoms with Gasteiger partial charge in [0.05, 0.1) is 17.9 Å². The molecule has 8 heteroatoms. The predicted octanol–water partition coefficient (Wildman–Crippen LogP) is 3.94. The van der Waals surface area contributed by atoms with Crippen LogP contribution in [0, 0.1) is 5.82 Å². The summed E-state index contributed by atoms with van der Waals surface area (Å²) in [5.41, 5.74) is 0.619. The normalized spacial score (nSPS) is 16.1. The van der Waals surface area contributed by atoms with Crippen molar-refractivity contribution >= 4 is 36.4 Å². The summed E-state index contributed by atoms with van der Waals surface area (Å²) in [5.74, 6) is 0.519. The zero-order chi connectivity index (χ0) is 16.1. The van der Waals surface area contributed by atoms with Crippen LogP contribution in [0.3, 0.4) is 0 Å². The SMILES string of the molecule is Cl.Cl.O=C(Nc1ccc(Oc2ccc(F)cc2)nc1)[C@H]1CCCCN1. The molecule has 1 amide bonds. The molecule has 0 bridgehead atoms. The number of hydrogen-bond acceptors (Lipinski definition) is 4. The highest BCUT2D eigenvalue weighted by molar-refractivity contribution is 5.94. The third-order valence-corrected chi connectivity index (χ3v) is 3.67. The number of nitrogens with zero attached hydrogens (tertiary/aromatic N) is 1. The number of halogens is 3. The first-order valence-electron chi connectivity index (χ1n) is 7.64. The van der Waals surface area contributed by atoms with Crippen LogP contribution in [-0.2, 0) is 4.79 Å². The van der Waals surface area contributed by atoms with Gasteiger partial charge in [-0.15, -0.1) is 24.8 Å². The summed E-state index contributed by atoms with van der Waals surface area (Å²) in [7, 11) is 0. The highest BCUT2D eigenvalue weighted by Gasteiger charge is 2.20. The van der Waals surface area contributed by atoms with Crippen molar-refractivity contribution in [1.29, 1.82) is 0 Å². The number of piperidine rings is 1. The van der Waals surface area contributed by atoms with Gasteiger partial charge in [0.1, 0.15) is 11.6 Å². The zero-order valence-electron chi connectivity index (χ0n) is 13.4. The fraction of sp³-hybridized carbons (Fsp3) is 0.294. The van der Waals surface area contributed by atoms with Crippen LogP contribution in [0.25, 0.3) is 0 Å². The van der Waals surface area contributed by atoms with Gasteiger partial charge in [-0.2, -0.15) is 0 Å². The molecule has 1 saturated heterocycles. The molecule has 136 valence electrons. The second-order valence-corrected chi connectivity index (χ2v) is 5.43. The van der Waals surface area contributed by atoms with Crippen molar-refractivity contribution in [3.05, 3.63) is 48.4 Å². The molecule has 1 aromatic carbocycles. The van der Waals surface area contributed by atoms with Crippen molar-refractivity contribution in [2.24, 2.45) is 0 Å². The number of hydrogen-bond donors (Lipinski definition) is 2. The molecule has 2 aromatic rings. The molecule has 1 aliphatic heterocycles. The van der Waals surface area contributed by atoms with Gasteiger partial charge in [0.25, 0.3) is 0 Å². The fourth-order valence-corrected chi connectivity index (χ4v) is 2.44. The van der Waals surface area contributed by atoms with Gasteiger partial charge in [-0.05, 0) is 49.7 Å². The summed E-state index contributed by atoms with van der Waals surface area (Å²) in [4.78, 5) is 16.3. The molecule has 0 radical (unpaired) electrons. The molecular weight excluding hydrogens is 368 g/mol. The number of anilines is 1. The zero-order valence-corrected chi connectivity index (χ0v) is 15.0. The van der Waals surface area contributed by atoms with E-state index in [1.165, 1.54) is 24.3 Å². The maximum atomic E-state index is 12.8. The van der Waals surface area contributed by atoms with Crippen LogP contribution >= 0.6 is 24.8 Å². The van der Waals surface area contributed by atoms with Crippen molar-refractivity contribution in [3.63, 3.8) is 0 Å². The average Bonchev–Trinajstić information content (AvgIpc) is 2.59.